The van der Waals surface area contributed by atoms with Crippen LogP contribution in [0.5, 0.6) is 0 Å². The van der Waals surface area contributed by atoms with E-state index in [-0.39, 0.29) is 23.8 Å². The van der Waals surface area contributed by atoms with Crippen LogP contribution < -0.4 is 0 Å². The molecule has 1 saturated carbocycles. The minimum atomic E-state index is -0.0597. The number of hydrogen-bond donors (Lipinski definition) is 0. The number of rotatable bonds is 19. The summed E-state index contributed by atoms with van der Waals surface area (Å²) in [5.41, 5.74) is 0. The predicted octanol–water partition coefficient (Wildman–Crippen LogP) is 8.02. The summed E-state index contributed by atoms with van der Waals surface area (Å²) in [6.07, 6.45) is 20.2. The van der Waals surface area contributed by atoms with Crippen LogP contribution in [-0.4, -0.2) is 25.2 Å². The van der Waals surface area contributed by atoms with Gasteiger partial charge in [0.2, 0.25) is 0 Å². The Labute approximate surface area is 198 Å². The predicted molar refractivity (Wildman–Crippen MR) is 133 cm³/mol. The number of esters is 2. The second-order valence-electron chi connectivity index (χ2n) is 10.3. The first-order chi connectivity index (χ1) is 15.5. The summed E-state index contributed by atoms with van der Waals surface area (Å²) in [7, 11) is 0. The normalized spacial score (nSPS) is 18.6. The number of unbranched alkanes of at least 4 members (excludes halogenated alkanes) is 11. The van der Waals surface area contributed by atoms with E-state index in [1.165, 1.54) is 64.2 Å². The maximum atomic E-state index is 12.3. The third kappa shape index (κ3) is 14.9. The molecule has 1 aliphatic rings. The molecule has 0 saturated heterocycles. The van der Waals surface area contributed by atoms with Gasteiger partial charge in [-0.1, -0.05) is 97.8 Å². The molecule has 0 aromatic heterocycles. The van der Waals surface area contributed by atoms with Crippen molar-refractivity contribution in [2.45, 2.75) is 136 Å². The van der Waals surface area contributed by atoms with E-state index in [2.05, 4.69) is 20.8 Å². The van der Waals surface area contributed by atoms with Gasteiger partial charge in [0.05, 0.1) is 25.0 Å². The molecule has 0 atom stereocenters. The van der Waals surface area contributed by atoms with Gasteiger partial charge in [0, 0.05) is 0 Å². The summed E-state index contributed by atoms with van der Waals surface area (Å²) < 4.78 is 11.0. The Kier molecular flexibility index (Phi) is 17.6. The Morgan fingerprint density at radius 2 is 1.00 bits per heavy atom. The quantitative estimate of drug-likeness (QED) is 0.147. The number of carbonyl (C=O) groups excluding carboxylic acids is 2. The van der Waals surface area contributed by atoms with Crippen LogP contribution in [0.1, 0.15) is 136 Å². The molecule has 0 bridgehead atoms. The SMILES string of the molecule is CCCCCCCCCCOC(=O)C1CCC(C(=O)OCCCCCCCC(C)C)CC1. The van der Waals surface area contributed by atoms with Gasteiger partial charge in [0.1, 0.15) is 0 Å². The van der Waals surface area contributed by atoms with Gasteiger partial charge in [0.25, 0.3) is 0 Å². The van der Waals surface area contributed by atoms with Crippen LogP contribution in [0.15, 0.2) is 0 Å². The van der Waals surface area contributed by atoms with E-state index in [4.69, 9.17) is 9.47 Å². The monoisotopic (exact) mass is 452 g/mol. The van der Waals surface area contributed by atoms with Crippen LogP contribution in [0.25, 0.3) is 0 Å². The molecule has 0 amide bonds. The summed E-state index contributed by atoms with van der Waals surface area (Å²) in [6.45, 7) is 7.88. The van der Waals surface area contributed by atoms with Gasteiger partial charge < -0.3 is 9.47 Å². The van der Waals surface area contributed by atoms with Gasteiger partial charge in [0.15, 0.2) is 0 Å². The Morgan fingerprint density at radius 3 is 1.41 bits per heavy atom. The van der Waals surface area contributed by atoms with Crippen LogP contribution in [0.3, 0.4) is 0 Å². The van der Waals surface area contributed by atoms with Crippen LogP contribution >= 0.6 is 0 Å². The van der Waals surface area contributed by atoms with E-state index in [0.29, 0.717) is 13.2 Å². The van der Waals surface area contributed by atoms with Gasteiger partial charge in [-0.25, -0.2) is 0 Å². The minimum Gasteiger partial charge on any atom is -0.465 e. The lowest BCUT2D eigenvalue weighted by atomic mass is 9.82. The summed E-state index contributed by atoms with van der Waals surface area (Å²) in [4.78, 5) is 24.6. The minimum absolute atomic E-state index is 0.0288. The highest BCUT2D eigenvalue weighted by Gasteiger charge is 2.31. The maximum Gasteiger partial charge on any atom is 0.308 e. The lowest BCUT2D eigenvalue weighted by Gasteiger charge is -2.26. The van der Waals surface area contributed by atoms with Gasteiger partial charge in [-0.05, 0) is 44.4 Å². The zero-order valence-electron chi connectivity index (χ0n) is 21.5. The van der Waals surface area contributed by atoms with E-state index in [1.807, 2.05) is 0 Å². The van der Waals surface area contributed by atoms with Crippen LogP contribution in [-0.2, 0) is 19.1 Å². The van der Waals surface area contributed by atoms with Crippen molar-refractivity contribution < 1.29 is 19.1 Å². The van der Waals surface area contributed by atoms with Crippen molar-refractivity contribution in [2.75, 3.05) is 13.2 Å². The largest absolute Gasteiger partial charge is 0.465 e. The lowest BCUT2D eigenvalue weighted by Crippen LogP contribution is -2.28. The Hall–Kier alpha value is -1.06. The molecular weight excluding hydrogens is 400 g/mol. The van der Waals surface area contributed by atoms with E-state index in [1.54, 1.807) is 0 Å². The standard InChI is InChI=1S/C28H52O4/c1-4-5-6-7-8-9-12-15-22-31-27(29)25-18-20-26(21-19-25)28(30)32-23-16-13-10-11-14-17-24(2)3/h24-26H,4-23H2,1-3H3. The fourth-order valence-corrected chi connectivity index (χ4v) is 4.57. The number of hydrogen-bond acceptors (Lipinski definition) is 4. The fourth-order valence-electron chi connectivity index (χ4n) is 4.57. The summed E-state index contributed by atoms with van der Waals surface area (Å²) >= 11 is 0. The first kappa shape index (κ1) is 29.0. The Morgan fingerprint density at radius 1 is 0.625 bits per heavy atom. The smallest absolute Gasteiger partial charge is 0.308 e. The number of carbonyl (C=O) groups is 2. The average Bonchev–Trinajstić information content (AvgIpc) is 2.79. The van der Waals surface area contributed by atoms with Gasteiger partial charge in [-0.3, -0.25) is 9.59 Å². The third-order valence-electron chi connectivity index (χ3n) is 6.81. The molecule has 1 aliphatic carbocycles. The molecule has 1 rings (SSSR count). The summed E-state index contributed by atoms with van der Waals surface area (Å²) in [5, 5.41) is 0. The van der Waals surface area contributed by atoms with Gasteiger partial charge in [-0.15, -0.1) is 0 Å². The lowest BCUT2D eigenvalue weighted by molar-refractivity contribution is -0.155. The summed E-state index contributed by atoms with van der Waals surface area (Å²) in [6, 6.07) is 0. The highest BCUT2D eigenvalue weighted by molar-refractivity contribution is 5.75. The van der Waals surface area contributed by atoms with Crippen molar-refractivity contribution in [1.29, 1.82) is 0 Å². The zero-order valence-corrected chi connectivity index (χ0v) is 21.5. The maximum absolute atomic E-state index is 12.3. The van der Waals surface area contributed by atoms with Crippen molar-refractivity contribution in [3.8, 4) is 0 Å². The molecule has 0 aromatic carbocycles. The molecule has 32 heavy (non-hydrogen) atoms. The molecule has 0 heterocycles. The van der Waals surface area contributed by atoms with E-state index >= 15 is 0 Å². The van der Waals surface area contributed by atoms with E-state index in [9.17, 15) is 9.59 Å². The Balaban J connectivity index is 1.99. The molecule has 188 valence electrons. The van der Waals surface area contributed by atoms with Crippen molar-refractivity contribution in [1.82, 2.24) is 0 Å². The molecule has 0 unspecified atom stereocenters. The molecule has 4 nitrogen and oxygen atoms in total. The molecule has 4 heteroatoms. The molecule has 1 fully saturated rings. The van der Waals surface area contributed by atoms with E-state index in [0.717, 1.165) is 57.3 Å². The molecule has 0 aromatic rings. The van der Waals surface area contributed by atoms with Crippen molar-refractivity contribution >= 4 is 11.9 Å². The number of ether oxygens (including phenoxy) is 2. The highest BCUT2D eigenvalue weighted by Crippen LogP contribution is 2.30. The van der Waals surface area contributed by atoms with Crippen LogP contribution in [0, 0.1) is 17.8 Å². The average molecular weight is 453 g/mol. The molecular formula is C28H52O4. The summed E-state index contributed by atoms with van der Waals surface area (Å²) in [5.74, 6) is 0.618. The van der Waals surface area contributed by atoms with Crippen molar-refractivity contribution in [3.05, 3.63) is 0 Å². The van der Waals surface area contributed by atoms with Gasteiger partial charge in [-0.2, -0.15) is 0 Å². The molecule has 0 radical (unpaired) electrons. The molecule has 0 N–H and O–H groups in total. The van der Waals surface area contributed by atoms with Crippen LogP contribution in [0.2, 0.25) is 0 Å². The van der Waals surface area contributed by atoms with E-state index < -0.39 is 0 Å². The van der Waals surface area contributed by atoms with Crippen molar-refractivity contribution in [3.63, 3.8) is 0 Å². The molecule has 0 spiro atoms. The fraction of sp³-hybridized carbons (Fsp3) is 0.929. The first-order valence-electron chi connectivity index (χ1n) is 13.9. The topological polar surface area (TPSA) is 52.6 Å². The highest BCUT2D eigenvalue weighted by atomic mass is 16.5. The van der Waals surface area contributed by atoms with Crippen molar-refractivity contribution in [2.24, 2.45) is 17.8 Å². The third-order valence-corrected chi connectivity index (χ3v) is 6.81. The molecule has 0 aliphatic heterocycles. The zero-order chi connectivity index (χ0) is 23.4. The Bertz CT molecular complexity index is 466. The van der Waals surface area contributed by atoms with Crippen LogP contribution in [0.4, 0.5) is 0 Å². The van der Waals surface area contributed by atoms with Gasteiger partial charge >= 0.3 is 11.9 Å². The first-order valence-corrected chi connectivity index (χ1v) is 13.9. The second-order valence-corrected chi connectivity index (χ2v) is 10.3. The second kappa shape index (κ2) is 19.4.